The molecular formula is C20H29Cl3N2O2. The van der Waals surface area contributed by atoms with Crippen LogP contribution in [0.15, 0.2) is 18.2 Å². The molecule has 1 aromatic carbocycles. The minimum atomic E-state index is -0.427. The predicted octanol–water partition coefficient (Wildman–Crippen LogP) is 4.49. The molecule has 3 N–H and O–H groups in total. The lowest BCUT2D eigenvalue weighted by Gasteiger charge is -2.41. The molecule has 4 nitrogen and oxygen atoms in total. The van der Waals surface area contributed by atoms with Crippen LogP contribution in [0.1, 0.15) is 51.0 Å². The third-order valence-corrected chi connectivity index (χ3v) is 6.67. The maximum Gasteiger partial charge on any atom is 0.224 e. The van der Waals surface area contributed by atoms with Crippen molar-refractivity contribution >= 4 is 41.5 Å². The molecule has 0 bridgehead atoms. The molecular weight excluding hydrogens is 407 g/mol. The van der Waals surface area contributed by atoms with Crippen molar-refractivity contribution < 1.29 is 9.53 Å². The number of nitrogens with one attached hydrogen (secondary N) is 1. The van der Waals surface area contributed by atoms with Crippen LogP contribution in [0.3, 0.4) is 0 Å². The van der Waals surface area contributed by atoms with Gasteiger partial charge in [0.05, 0.1) is 5.92 Å². The van der Waals surface area contributed by atoms with E-state index in [2.05, 4.69) is 5.32 Å². The second-order valence-electron chi connectivity index (χ2n) is 8.04. The van der Waals surface area contributed by atoms with Gasteiger partial charge in [0.2, 0.25) is 5.91 Å². The number of nitrogens with two attached hydrogens (primary N) is 1. The second-order valence-corrected chi connectivity index (χ2v) is 8.88. The summed E-state index contributed by atoms with van der Waals surface area (Å²) in [5.41, 5.74) is 6.78. The number of halogens is 3. The molecule has 1 aliphatic carbocycles. The van der Waals surface area contributed by atoms with Crippen LogP contribution in [0.2, 0.25) is 10.0 Å². The molecule has 3 rings (SSSR count). The second kappa shape index (κ2) is 9.32. The summed E-state index contributed by atoms with van der Waals surface area (Å²) in [6, 6.07) is 5.62. The Labute approximate surface area is 177 Å². The highest BCUT2D eigenvalue weighted by Crippen LogP contribution is 2.39. The van der Waals surface area contributed by atoms with Gasteiger partial charge in [-0.15, -0.1) is 12.4 Å². The highest BCUT2D eigenvalue weighted by molar-refractivity contribution is 6.35. The van der Waals surface area contributed by atoms with Gasteiger partial charge < -0.3 is 15.8 Å². The molecule has 1 heterocycles. The summed E-state index contributed by atoms with van der Waals surface area (Å²) in [7, 11) is 0. The Morgan fingerprint density at radius 1 is 1.26 bits per heavy atom. The van der Waals surface area contributed by atoms with Crippen molar-refractivity contribution in [3.05, 3.63) is 33.8 Å². The minimum Gasteiger partial charge on any atom is -0.381 e. The number of hydrogen-bond acceptors (Lipinski definition) is 3. The fourth-order valence-electron chi connectivity index (χ4n) is 4.39. The summed E-state index contributed by atoms with van der Waals surface area (Å²) in [5.74, 6) is -0.0699. The molecule has 0 radical (unpaired) electrons. The number of rotatable bonds is 4. The average molecular weight is 436 g/mol. The third kappa shape index (κ3) is 5.10. The largest absolute Gasteiger partial charge is 0.381 e. The SMILES string of the molecule is CC1(N)CCCCC1C(=O)NCC1(c2ccc(Cl)cc2Cl)CCOCC1.Cl. The van der Waals surface area contributed by atoms with Crippen molar-refractivity contribution in [1.29, 1.82) is 0 Å². The Hall–Kier alpha value is -0.520. The normalized spacial score (nSPS) is 27.5. The highest BCUT2D eigenvalue weighted by atomic mass is 35.5. The fraction of sp³-hybridized carbons (Fsp3) is 0.650. The fourth-order valence-corrected chi connectivity index (χ4v) is 5.00. The van der Waals surface area contributed by atoms with Crippen LogP contribution in [0.4, 0.5) is 0 Å². The Bertz CT molecular complexity index is 661. The molecule has 27 heavy (non-hydrogen) atoms. The molecule has 0 spiro atoms. The minimum absolute atomic E-state index is 0. The van der Waals surface area contributed by atoms with Gasteiger partial charge in [0.1, 0.15) is 0 Å². The molecule has 2 atom stereocenters. The van der Waals surface area contributed by atoms with Crippen LogP contribution in [-0.2, 0) is 14.9 Å². The van der Waals surface area contributed by atoms with Gasteiger partial charge in [0.15, 0.2) is 0 Å². The molecule has 1 aliphatic heterocycles. The Balaban J connectivity index is 0.00000261. The van der Waals surface area contributed by atoms with E-state index in [0.29, 0.717) is 29.8 Å². The van der Waals surface area contributed by atoms with Gasteiger partial charge in [0, 0.05) is 40.8 Å². The number of ether oxygens (including phenoxy) is 1. The van der Waals surface area contributed by atoms with Crippen molar-refractivity contribution in [2.24, 2.45) is 11.7 Å². The maximum atomic E-state index is 12.9. The Morgan fingerprint density at radius 3 is 2.59 bits per heavy atom. The molecule has 2 unspecified atom stereocenters. The standard InChI is InChI=1S/C20H28Cl2N2O2.ClH/c1-19(23)7-3-2-4-16(19)18(25)24-13-20(8-10-26-11-9-20)15-6-5-14(21)12-17(15)22;/h5-6,12,16H,2-4,7-11,13,23H2,1H3,(H,24,25);1H. The lowest BCUT2D eigenvalue weighted by atomic mass is 9.72. The average Bonchev–Trinajstić information content (AvgIpc) is 2.60. The van der Waals surface area contributed by atoms with Crippen molar-refractivity contribution in [2.45, 2.75) is 56.4 Å². The van der Waals surface area contributed by atoms with E-state index >= 15 is 0 Å². The third-order valence-electron chi connectivity index (χ3n) is 6.12. The Kier molecular flexibility index (Phi) is 7.86. The van der Waals surface area contributed by atoms with Gasteiger partial charge in [0.25, 0.3) is 0 Å². The van der Waals surface area contributed by atoms with E-state index in [0.717, 1.165) is 44.1 Å². The van der Waals surface area contributed by atoms with E-state index in [-0.39, 0.29) is 29.6 Å². The van der Waals surface area contributed by atoms with Gasteiger partial charge in [-0.05, 0) is 50.3 Å². The molecule has 2 aliphatic rings. The van der Waals surface area contributed by atoms with E-state index in [1.54, 1.807) is 6.07 Å². The van der Waals surface area contributed by atoms with Crippen LogP contribution in [0.25, 0.3) is 0 Å². The van der Waals surface area contributed by atoms with Crippen LogP contribution in [0.5, 0.6) is 0 Å². The first-order chi connectivity index (χ1) is 12.3. The molecule has 0 aromatic heterocycles. The number of benzene rings is 1. The molecule has 7 heteroatoms. The molecule has 1 aromatic rings. The van der Waals surface area contributed by atoms with Gasteiger partial charge in [-0.3, -0.25) is 4.79 Å². The van der Waals surface area contributed by atoms with E-state index < -0.39 is 5.54 Å². The number of hydrogen-bond donors (Lipinski definition) is 2. The first kappa shape index (κ1) is 22.8. The summed E-state index contributed by atoms with van der Waals surface area (Å²) in [6.45, 7) is 3.86. The quantitative estimate of drug-likeness (QED) is 0.732. The van der Waals surface area contributed by atoms with E-state index in [9.17, 15) is 4.79 Å². The summed E-state index contributed by atoms with van der Waals surface area (Å²) in [4.78, 5) is 12.9. The van der Waals surface area contributed by atoms with Gasteiger partial charge >= 0.3 is 0 Å². The van der Waals surface area contributed by atoms with E-state index in [4.69, 9.17) is 33.7 Å². The zero-order valence-corrected chi connectivity index (χ0v) is 18.1. The molecule has 1 amide bonds. The summed E-state index contributed by atoms with van der Waals surface area (Å²) < 4.78 is 5.56. The lowest BCUT2D eigenvalue weighted by Crippen LogP contribution is -2.54. The monoisotopic (exact) mass is 434 g/mol. The van der Waals surface area contributed by atoms with Crippen LogP contribution < -0.4 is 11.1 Å². The number of carbonyl (C=O) groups is 1. The van der Waals surface area contributed by atoms with Crippen LogP contribution >= 0.6 is 35.6 Å². The zero-order valence-electron chi connectivity index (χ0n) is 15.7. The summed E-state index contributed by atoms with van der Waals surface area (Å²) in [6.07, 6.45) is 5.55. The van der Waals surface area contributed by atoms with Gasteiger partial charge in [-0.1, -0.05) is 42.1 Å². The molecule has 2 fully saturated rings. The van der Waals surface area contributed by atoms with Crippen molar-refractivity contribution in [2.75, 3.05) is 19.8 Å². The van der Waals surface area contributed by atoms with Crippen LogP contribution in [-0.4, -0.2) is 31.2 Å². The van der Waals surface area contributed by atoms with Crippen LogP contribution in [0, 0.1) is 5.92 Å². The van der Waals surface area contributed by atoms with E-state index in [1.165, 1.54) is 0 Å². The van der Waals surface area contributed by atoms with E-state index in [1.807, 2.05) is 19.1 Å². The topological polar surface area (TPSA) is 64.4 Å². The van der Waals surface area contributed by atoms with Crippen molar-refractivity contribution in [1.82, 2.24) is 5.32 Å². The molecule has 1 saturated heterocycles. The molecule has 152 valence electrons. The Morgan fingerprint density at radius 2 is 1.96 bits per heavy atom. The zero-order chi connectivity index (χ0) is 18.8. The smallest absolute Gasteiger partial charge is 0.224 e. The predicted molar refractivity (Wildman–Crippen MR) is 113 cm³/mol. The number of amides is 1. The maximum absolute atomic E-state index is 12.9. The lowest BCUT2D eigenvalue weighted by molar-refractivity contribution is -0.128. The van der Waals surface area contributed by atoms with Crippen molar-refractivity contribution in [3.8, 4) is 0 Å². The molecule has 1 saturated carbocycles. The number of carbonyl (C=O) groups excluding carboxylic acids is 1. The van der Waals surface area contributed by atoms with Gasteiger partial charge in [-0.25, -0.2) is 0 Å². The highest BCUT2D eigenvalue weighted by Gasteiger charge is 2.40. The summed E-state index contributed by atoms with van der Waals surface area (Å²) in [5, 5.41) is 4.46. The first-order valence-electron chi connectivity index (χ1n) is 9.44. The van der Waals surface area contributed by atoms with Gasteiger partial charge in [-0.2, -0.15) is 0 Å². The van der Waals surface area contributed by atoms with Crippen molar-refractivity contribution in [3.63, 3.8) is 0 Å². The summed E-state index contributed by atoms with van der Waals surface area (Å²) >= 11 is 12.6. The first-order valence-corrected chi connectivity index (χ1v) is 10.2.